The van der Waals surface area contributed by atoms with Crippen LogP contribution >= 0.6 is 0 Å². The largest absolute Gasteiger partial charge is 0.743 e. The van der Waals surface area contributed by atoms with Gasteiger partial charge in [-0.25, -0.2) is 13.2 Å². The van der Waals surface area contributed by atoms with Gasteiger partial charge in [-0.15, -0.1) is 0 Å². The van der Waals surface area contributed by atoms with Gasteiger partial charge in [0.25, 0.3) is 0 Å². The highest BCUT2D eigenvalue weighted by atomic mass is 32.2. The molecule has 1 amide bonds. The smallest absolute Gasteiger partial charge is 0.466 e. The molecule has 0 saturated heterocycles. The predicted molar refractivity (Wildman–Crippen MR) is 93.2 cm³/mol. The van der Waals surface area contributed by atoms with Crippen molar-refractivity contribution in [2.24, 2.45) is 0 Å². The number of hydrogen-bond acceptors (Lipinski definition) is 8. The molecule has 0 radical (unpaired) electrons. The molecule has 20 heteroatoms. The van der Waals surface area contributed by atoms with Gasteiger partial charge in [0.15, 0.2) is 10.1 Å². The number of alkyl halides is 10. The monoisotopic (exact) mass is 572 g/mol. The first kappa shape index (κ1) is 33.5. The Balaban J connectivity index is 5.84. The fourth-order valence-electron chi connectivity index (χ4n) is 2.03. The number of Topliss-reactive ketones (excluding diaryl/α,β-unsaturated/α-hetero) is 1. The first-order chi connectivity index (χ1) is 15.8. The van der Waals surface area contributed by atoms with Gasteiger partial charge in [0.1, 0.15) is 11.4 Å². The van der Waals surface area contributed by atoms with Crippen LogP contribution in [0.1, 0.15) is 26.2 Å². The van der Waals surface area contributed by atoms with Crippen molar-refractivity contribution in [2.45, 2.75) is 55.5 Å². The van der Waals surface area contributed by atoms with Crippen LogP contribution in [0.25, 0.3) is 0 Å². The number of esters is 1. The molecule has 0 rings (SSSR count). The Morgan fingerprint density at radius 1 is 0.944 bits per heavy atom. The van der Waals surface area contributed by atoms with Gasteiger partial charge in [0, 0.05) is 6.42 Å². The topological polar surface area (TPSA) is 139 Å². The average Bonchev–Trinajstić information content (AvgIpc) is 2.67. The molecule has 0 aliphatic rings. The van der Waals surface area contributed by atoms with Crippen LogP contribution in [0.15, 0.2) is 12.2 Å². The third-order valence-electron chi connectivity index (χ3n) is 3.93. The summed E-state index contributed by atoms with van der Waals surface area (Å²) in [5, 5.41) is -4.83. The Morgan fingerprint density at radius 3 is 1.83 bits per heavy atom. The van der Waals surface area contributed by atoms with Gasteiger partial charge in [-0.1, -0.05) is 6.58 Å². The highest BCUT2D eigenvalue weighted by molar-refractivity contribution is 7.86. The third-order valence-corrected chi connectivity index (χ3v) is 4.85. The van der Waals surface area contributed by atoms with Crippen molar-refractivity contribution in [1.29, 1.82) is 0 Å². The van der Waals surface area contributed by atoms with Gasteiger partial charge in [-0.05, 0) is 19.8 Å². The molecular formula is C16H16F10NO8S-. The van der Waals surface area contributed by atoms with Crippen molar-refractivity contribution in [2.75, 3.05) is 13.2 Å². The van der Waals surface area contributed by atoms with E-state index in [0.717, 1.165) is 6.92 Å². The van der Waals surface area contributed by atoms with E-state index in [0.29, 0.717) is 0 Å². The van der Waals surface area contributed by atoms with Gasteiger partial charge >= 0.3 is 41.2 Å². The molecule has 0 saturated carbocycles. The van der Waals surface area contributed by atoms with Crippen molar-refractivity contribution in [3.05, 3.63) is 12.2 Å². The predicted octanol–water partition coefficient (Wildman–Crippen LogP) is 2.57. The fourth-order valence-corrected chi connectivity index (χ4v) is 2.50. The summed E-state index contributed by atoms with van der Waals surface area (Å²) in [6.07, 6.45) is -16.3. The molecule has 0 aromatic carbocycles. The average molecular weight is 572 g/mol. The number of carbonyl (C=O) groups is 3. The van der Waals surface area contributed by atoms with E-state index in [1.807, 2.05) is 0 Å². The number of ether oxygens (including phenoxy) is 2. The van der Waals surface area contributed by atoms with Crippen molar-refractivity contribution in [3.63, 3.8) is 0 Å². The van der Waals surface area contributed by atoms with E-state index in [1.165, 1.54) is 5.32 Å². The van der Waals surface area contributed by atoms with Crippen molar-refractivity contribution >= 4 is 27.8 Å². The Labute approximate surface area is 195 Å². The maximum absolute atomic E-state index is 13.7. The number of carbonyl (C=O) groups excluding carboxylic acids is 3. The minimum Gasteiger partial charge on any atom is -0.743 e. The third kappa shape index (κ3) is 8.02. The molecule has 0 aromatic heterocycles. The standard InChI is InChI=1S/C16H17F10NO8S/c1-8(28)7-27-11(30)13(15(22,23)24,35-10(29)9(2)14(19,20)21)34-6-4-3-5-12(17,18)16(25,26)36(31,32)33/h2-7H2,1H3,(H,27,30)(H,31,32,33)/p-1. The van der Waals surface area contributed by atoms with Gasteiger partial charge in [-0.2, -0.15) is 43.9 Å². The molecule has 1 atom stereocenters. The Bertz CT molecular complexity index is 961. The lowest BCUT2D eigenvalue weighted by Gasteiger charge is -2.33. The maximum Gasteiger partial charge on any atom is 0.466 e. The lowest BCUT2D eigenvalue weighted by molar-refractivity contribution is -0.347. The summed E-state index contributed by atoms with van der Waals surface area (Å²) in [6.45, 7) is 0.181. The first-order valence-corrected chi connectivity index (χ1v) is 10.4. The zero-order valence-corrected chi connectivity index (χ0v) is 18.5. The number of nitrogens with one attached hydrogen (secondary N) is 1. The maximum atomic E-state index is 13.7. The second-order valence-electron chi connectivity index (χ2n) is 6.85. The summed E-state index contributed by atoms with van der Waals surface area (Å²) >= 11 is 0. The van der Waals surface area contributed by atoms with Crippen LogP contribution in [0, 0.1) is 0 Å². The zero-order chi connectivity index (χ0) is 29.0. The number of rotatable bonds is 13. The molecule has 0 aliphatic carbocycles. The highest BCUT2D eigenvalue weighted by Crippen LogP contribution is 2.42. The van der Waals surface area contributed by atoms with Crippen LogP contribution in [0.4, 0.5) is 43.9 Å². The lowest BCUT2D eigenvalue weighted by atomic mass is 10.1. The van der Waals surface area contributed by atoms with Gasteiger partial charge in [0.05, 0.1) is 13.2 Å². The van der Waals surface area contributed by atoms with Crippen LogP contribution in [0.3, 0.4) is 0 Å². The molecule has 1 unspecified atom stereocenters. The van der Waals surface area contributed by atoms with Crippen LogP contribution in [0.5, 0.6) is 0 Å². The first-order valence-electron chi connectivity index (χ1n) is 9.02. The van der Waals surface area contributed by atoms with E-state index in [4.69, 9.17) is 0 Å². The summed E-state index contributed by atoms with van der Waals surface area (Å²) in [6, 6.07) is 0. The van der Waals surface area contributed by atoms with E-state index in [2.05, 4.69) is 16.1 Å². The molecule has 36 heavy (non-hydrogen) atoms. The van der Waals surface area contributed by atoms with Gasteiger partial charge in [0.2, 0.25) is 0 Å². The molecule has 0 aliphatic heterocycles. The molecule has 1 N–H and O–H groups in total. The number of ketones is 1. The molecule has 0 heterocycles. The summed E-state index contributed by atoms with van der Waals surface area (Å²) in [7, 11) is -6.86. The Kier molecular flexibility index (Phi) is 10.5. The molecule has 0 bridgehead atoms. The summed E-state index contributed by atoms with van der Waals surface area (Å²) < 4.78 is 170. The number of amides is 1. The van der Waals surface area contributed by atoms with Crippen molar-refractivity contribution in [3.8, 4) is 0 Å². The number of hydrogen-bond donors (Lipinski definition) is 1. The molecule has 0 spiro atoms. The van der Waals surface area contributed by atoms with Gasteiger partial charge < -0.3 is 19.3 Å². The van der Waals surface area contributed by atoms with Crippen molar-refractivity contribution < 1.29 is 80.7 Å². The van der Waals surface area contributed by atoms with Crippen molar-refractivity contribution in [1.82, 2.24) is 5.32 Å². The fraction of sp³-hybridized carbons (Fsp3) is 0.688. The van der Waals surface area contributed by atoms with E-state index in [-0.39, 0.29) is 0 Å². The lowest BCUT2D eigenvalue weighted by Crippen LogP contribution is -2.62. The van der Waals surface area contributed by atoms with Gasteiger partial charge in [-0.3, -0.25) is 9.59 Å². The quantitative estimate of drug-likeness (QED) is 0.0888. The minimum absolute atomic E-state index is 0.756. The molecular weight excluding hydrogens is 556 g/mol. The molecule has 0 aromatic rings. The highest BCUT2D eigenvalue weighted by Gasteiger charge is 2.67. The summed E-state index contributed by atoms with van der Waals surface area (Å²) in [5.74, 6) is -16.8. The van der Waals surface area contributed by atoms with E-state index in [9.17, 15) is 71.3 Å². The van der Waals surface area contributed by atoms with Crippen LogP contribution < -0.4 is 5.32 Å². The van der Waals surface area contributed by atoms with Crippen LogP contribution in [-0.4, -0.2) is 73.1 Å². The Hall–Kier alpha value is -2.48. The van der Waals surface area contributed by atoms with E-state index in [1.54, 1.807) is 0 Å². The molecule has 0 fully saturated rings. The van der Waals surface area contributed by atoms with E-state index < -0.39 is 95.1 Å². The number of unbranched alkanes of at least 4 members (excludes halogenated alkanes) is 1. The van der Waals surface area contributed by atoms with Crippen LogP contribution in [-0.2, 0) is 34.0 Å². The second kappa shape index (κ2) is 11.3. The number of halogens is 10. The van der Waals surface area contributed by atoms with Crippen LogP contribution in [0.2, 0.25) is 0 Å². The Morgan fingerprint density at radius 2 is 1.44 bits per heavy atom. The zero-order valence-electron chi connectivity index (χ0n) is 17.7. The summed E-state index contributed by atoms with van der Waals surface area (Å²) in [4.78, 5) is 34.6. The second-order valence-corrected chi connectivity index (χ2v) is 8.27. The van der Waals surface area contributed by atoms with E-state index >= 15 is 0 Å². The summed E-state index contributed by atoms with van der Waals surface area (Å²) in [5.41, 5.74) is -2.53. The SMILES string of the molecule is C=C(C(=O)OC(OCCCCC(F)(F)C(F)(F)S(=O)(=O)[O-])(C(=O)NCC(C)=O)C(F)(F)F)C(F)(F)F. The normalized spacial score (nSPS) is 15.1. The molecule has 210 valence electrons. The minimum atomic E-state index is -6.86. The molecule has 9 nitrogen and oxygen atoms in total.